The van der Waals surface area contributed by atoms with Crippen LogP contribution in [0.2, 0.25) is 0 Å². The Morgan fingerprint density at radius 3 is 2.75 bits per heavy atom. The molecule has 0 amide bonds. The Labute approximate surface area is 71.4 Å². The number of nitrogens with one attached hydrogen (secondary N) is 1. The largest absolute Gasteiger partial charge is 0.340 e. The molecule has 1 N–H and O–H groups in total. The van der Waals surface area contributed by atoms with Crippen LogP contribution in [-0.4, -0.2) is 23.2 Å². The fraction of sp³-hybridized carbons (Fsp3) is 0.750. The molecular weight excluding hydrogens is 154 g/mol. The molecule has 0 atom stereocenters. The highest BCUT2D eigenvalue weighted by atomic mass is 16.5. The number of aromatic nitrogens is 2. The molecule has 4 nitrogen and oxygen atoms in total. The zero-order valence-electron chi connectivity index (χ0n) is 7.21. The van der Waals surface area contributed by atoms with Crippen molar-refractivity contribution in [2.24, 2.45) is 0 Å². The van der Waals surface area contributed by atoms with Crippen LogP contribution in [0.25, 0.3) is 0 Å². The van der Waals surface area contributed by atoms with Gasteiger partial charge in [-0.2, -0.15) is 4.98 Å². The summed E-state index contributed by atoms with van der Waals surface area (Å²) in [5.74, 6) is 2.06. The van der Waals surface area contributed by atoms with Gasteiger partial charge in [0.2, 0.25) is 5.89 Å². The molecule has 12 heavy (non-hydrogen) atoms. The van der Waals surface area contributed by atoms with E-state index in [4.69, 9.17) is 4.52 Å². The molecule has 0 spiro atoms. The van der Waals surface area contributed by atoms with Gasteiger partial charge in [0.25, 0.3) is 0 Å². The van der Waals surface area contributed by atoms with Crippen LogP contribution in [0.5, 0.6) is 0 Å². The summed E-state index contributed by atoms with van der Waals surface area (Å²) in [6.45, 7) is 3.97. The Morgan fingerprint density at radius 1 is 1.42 bits per heavy atom. The van der Waals surface area contributed by atoms with Gasteiger partial charge in [-0.25, -0.2) is 0 Å². The highest BCUT2D eigenvalue weighted by Gasteiger charge is 2.19. The molecule has 0 unspecified atom stereocenters. The smallest absolute Gasteiger partial charge is 0.223 e. The van der Waals surface area contributed by atoms with Gasteiger partial charge in [-0.05, 0) is 25.9 Å². The summed E-state index contributed by atoms with van der Waals surface area (Å²) in [6.07, 6.45) is 2.25. The van der Waals surface area contributed by atoms with Crippen molar-refractivity contribution >= 4 is 0 Å². The zero-order valence-corrected chi connectivity index (χ0v) is 7.21. The first-order chi connectivity index (χ1) is 5.86. The highest BCUT2D eigenvalue weighted by Crippen LogP contribution is 2.21. The summed E-state index contributed by atoms with van der Waals surface area (Å²) in [4.78, 5) is 4.23. The Kier molecular flexibility index (Phi) is 2.08. The van der Waals surface area contributed by atoms with Gasteiger partial charge in [0.1, 0.15) is 0 Å². The van der Waals surface area contributed by atoms with E-state index in [2.05, 4.69) is 15.5 Å². The van der Waals surface area contributed by atoms with Crippen LogP contribution in [0.1, 0.15) is 30.5 Å². The van der Waals surface area contributed by atoms with Crippen molar-refractivity contribution in [2.45, 2.75) is 25.7 Å². The number of rotatable bonds is 1. The molecule has 2 rings (SSSR count). The third kappa shape index (κ3) is 1.48. The molecule has 1 aromatic rings. The lowest BCUT2D eigenvalue weighted by atomic mass is 9.98. The van der Waals surface area contributed by atoms with Gasteiger partial charge in [0.05, 0.1) is 0 Å². The molecule has 1 aliphatic heterocycles. The Morgan fingerprint density at radius 2 is 2.17 bits per heavy atom. The van der Waals surface area contributed by atoms with Crippen molar-refractivity contribution in [2.75, 3.05) is 13.1 Å². The summed E-state index contributed by atoms with van der Waals surface area (Å²) in [5, 5.41) is 7.23. The molecule has 66 valence electrons. The van der Waals surface area contributed by atoms with Gasteiger partial charge in [0.15, 0.2) is 5.82 Å². The van der Waals surface area contributed by atoms with Crippen LogP contribution in [-0.2, 0) is 0 Å². The van der Waals surface area contributed by atoms with Gasteiger partial charge >= 0.3 is 0 Å². The van der Waals surface area contributed by atoms with Crippen molar-refractivity contribution in [1.29, 1.82) is 0 Å². The van der Waals surface area contributed by atoms with Crippen LogP contribution in [0.15, 0.2) is 4.52 Å². The first-order valence-corrected chi connectivity index (χ1v) is 4.37. The predicted octanol–water partition coefficient (Wildman–Crippen LogP) is 0.845. The van der Waals surface area contributed by atoms with E-state index in [0.29, 0.717) is 11.8 Å². The Bertz CT molecular complexity index is 253. The van der Waals surface area contributed by atoms with Gasteiger partial charge in [0, 0.05) is 12.8 Å². The number of hydrogen-bond donors (Lipinski definition) is 1. The van der Waals surface area contributed by atoms with Crippen LogP contribution in [0.3, 0.4) is 0 Å². The minimum Gasteiger partial charge on any atom is -0.340 e. The SMILES string of the molecule is Cc1nc(C2CCNCC2)no1. The number of hydrogen-bond acceptors (Lipinski definition) is 4. The lowest BCUT2D eigenvalue weighted by Gasteiger charge is -2.18. The zero-order chi connectivity index (χ0) is 8.39. The van der Waals surface area contributed by atoms with Gasteiger partial charge in [-0.3, -0.25) is 0 Å². The average molecular weight is 167 g/mol. The van der Waals surface area contributed by atoms with Crippen molar-refractivity contribution < 1.29 is 4.52 Å². The van der Waals surface area contributed by atoms with Gasteiger partial charge in [-0.1, -0.05) is 5.16 Å². The van der Waals surface area contributed by atoms with Gasteiger partial charge in [-0.15, -0.1) is 0 Å². The van der Waals surface area contributed by atoms with E-state index < -0.39 is 0 Å². The molecule has 0 bridgehead atoms. The van der Waals surface area contributed by atoms with E-state index in [1.807, 2.05) is 6.92 Å². The Hall–Kier alpha value is -0.900. The third-order valence-electron chi connectivity index (χ3n) is 2.25. The second-order valence-electron chi connectivity index (χ2n) is 3.20. The number of aryl methyl sites for hydroxylation is 1. The van der Waals surface area contributed by atoms with E-state index in [9.17, 15) is 0 Å². The minimum absolute atomic E-state index is 0.503. The summed E-state index contributed by atoms with van der Waals surface area (Å²) >= 11 is 0. The topological polar surface area (TPSA) is 51.0 Å². The van der Waals surface area contributed by atoms with E-state index in [1.54, 1.807) is 0 Å². The first-order valence-electron chi connectivity index (χ1n) is 4.37. The molecule has 2 heterocycles. The average Bonchev–Trinajstić information content (AvgIpc) is 2.54. The van der Waals surface area contributed by atoms with E-state index >= 15 is 0 Å². The monoisotopic (exact) mass is 167 g/mol. The normalized spacial score (nSPS) is 19.8. The highest BCUT2D eigenvalue weighted by molar-refractivity contribution is 4.96. The fourth-order valence-corrected chi connectivity index (χ4v) is 1.56. The van der Waals surface area contributed by atoms with E-state index in [0.717, 1.165) is 31.8 Å². The van der Waals surface area contributed by atoms with Crippen LogP contribution >= 0.6 is 0 Å². The quantitative estimate of drug-likeness (QED) is 0.673. The van der Waals surface area contributed by atoms with E-state index in [-0.39, 0.29) is 0 Å². The summed E-state index contributed by atoms with van der Waals surface area (Å²) < 4.78 is 4.94. The second kappa shape index (κ2) is 3.23. The standard InChI is InChI=1S/C8H13N3O/c1-6-10-8(11-12-6)7-2-4-9-5-3-7/h7,9H,2-5H2,1H3. The van der Waals surface area contributed by atoms with E-state index in [1.165, 1.54) is 0 Å². The third-order valence-corrected chi connectivity index (χ3v) is 2.25. The second-order valence-corrected chi connectivity index (χ2v) is 3.20. The van der Waals surface area contributed by atoms with Crippen LogP contribution in [0.4, 0.5) is 0 Å². The Balaban J connectivity index is 2.08. The predicted molar refractivity (Wildman–Crippen MR) is 43.9 cm³/mol. The summed E-state index contributed by atoms with van der Waals surface area (Å²) in [7, 11) is 0. The molecule has 4 heteroatoms. The maximum Gasteiger partial charge on any atom is 0.223 e. The lowest BCUT2D eigenvalue weighted by Crippen LogP contribution is -2.27. The number of piperidine rings is 1. The summed E-state index contributed by atoms with van der Waals surface area (Å²) in [6, 6.07) is 0. The molecule has 1 saturated heterocycles. The molecular formula is C8H13N3O. The molecule has 0 saturated carbocycles. The van der Waals surface area contributed by atoms with Crippen LogP contribution in [0, 0.1) is 6.92 Å². The van der Waals surface area contributed by atoms with Crippen molar-refractivity contribution in [3.63, 3.8) is 0 Å². The maximum absolute atomic E-state index is 4.94. The van der Waals surface area contributed by atoms with Crippen molar-refractivity contribution in [3.8, 4) is 0 Å². The molecule has 1 aliphatic rings. The molecule has 0 aromatic carbocycles. The number of nitrogens with zero attached hydrogens (tertiary/aromatic N) is 2. The minimum atomic E-state index is 0.503. The molecule has 0 radical (unpaired) electrons. The molecule has 0 aliphatic carbocycles. The first kappa shape index (κ1) is 7.73. The summed E-state index contributed by atoms with van der Waals surface area (Å²) in [5.41, 5.74) is 0. The van der Waals surface area contributed by atoms with Crippen LogP contribution < -0.4 is 5.32 Å². The van der Waals surface area contributed by atoms with Gasteiger partial charge < -0.3 is 9.84 Å². The van der Waals surface area contributed by atoms with Crippen molar-refractivity contribution in [1.82, 2.24) is 15.5 Å². The fourth-order valence-electron chi connectivity index (χ4n) is 1.56. The molecule has 1 aromatic heterocycles. The lowest BCUT2D eigenvalue weighted by molar-refractivity contribution is 0.371. The molecule has 1 fully saturated rings. The van der Waals surface area contributed by atoms with Crippen molar-refractivity contribution in [3.05, 3.63) is 11.7 Å². The maximum atomic E-state index is 4.94.